The van der Waals surface area contributed by atoms with Gasteiger partial charge in [0.2, 0.25) is 5.91 Å². The highest BCUT2D eigenvalue weighted by Crippen LogP contribution is 2.19. The van der Waals surface area contributed by atoms with Gasteiger partial charge in [-0.05, 0) is 31.2 Å². The average molecular weight is 431 g/mol. The van der Waals surface area contributed by atoms with E-state index in [-0.39, 0.29) is 24.1 Å². The molecule has 3 aromatic rings. The first-order valence-electron chi connectivity index (χ1n) is 10.6. The maximum absolute atomic E-state index is 12.9. The number of carbonyl (C=O) groups excluding carboxylic acids is 3. The topological polar surface area (TPSA) is 82.9 Å². The number of nitrogens with zero attached hydrogens (tertiary/aromatic N) is 2. The normalized spacial score (nSPS) is 14.2. The standard InChI is InChI=1S/C25H25N3O4/c1-18-11-12-22(32-18)25(31)28-15-13-27(14-16-28)17-23(29)26-21-10-6-5-9-20(21)24(30)19-7-3-2-4-8-19/h2-12H,13-17H2,1H3,(H,26,29). The van der Waals surface area contributed by atoms with E-state index < -0.39 is 0 Å². The van der Waals surface area contributed by atoms with Crippen molar-refractivity contribution in [1.82, 2.24) is 9.80 Å². The van der Waals surface area contributed by atoms with Gasteiger partial charge in [0.25, 0.3) is 5.91 Å². The van der Waals surface area contributed by atoms with E-state index >= 15 is 0 Å². The van der Waals surface area contributed by atoms with Gasteiger partial charge in [-0.3, -0.25) is 19.3 Å². The van der Waals surface area contributed by atoms with E-state index in [1.165, 1.54) is 0 Å². The predicted molar refractivity (Wildman–Crippen MR) is 121 cm³/mol. The van der Waals surface area contributed by atoms with Gasteiger partial charge in [-0.2, -0.15) is 0 Å². The second kappa shape index (κ2) is 9.62. The van der Waals surface area contributed by atoms with Crippen molar-refractivity contribution in [2.45, 2.75) is 6.92 Å². The van der Waals surface area contributed by atoms with Crippen LogP contribution in [0.3, 0.4) is 0 Å². The lowest BCUT2D eigenvalue weighted by molar-refractivity contribution is -0.117. The lowest BCUT2D eigenvalue weighted by Crippen LogP contribution is -2.50. The van der Waals surface area contributed by atoms with Crippen LogP contribution in [0.25, 0.3) is 0 Å². The van der Waals surface area contributed by atoms with Gasteiger partial charge in [0.05, 0.1) is 12.2 Å². The van der Waals surface area contributed by atoms with Crippen molar-refractivity contribution in [1.29, 1.82) is 0 Å². The lowest BCUT2D eigenvalue weighted by Gasteiger charge is -2.33. The SMILES string of the molecule is Cc1ccc(C(=O)N2CCN(CC(=O)Nc3ccccc3C(=O)c3ccccc3)CC2)o1. The van der Waals surface area contributed by atoms with Gasteiger partial charge in [-0.25, -0.2) is 0 Å². The molecular formula is C25H25N3O4. The Bertz CT molecular complexity index is 1110. The van der Waals surface area contributed by atoms with Crippen LogP contribution in [0.4, 0.5) is 5.69 Å². The molecule has 0 saturated carbocycles. The molecule has 2 amide bonds. The Balaban J connectivity index is 1.33. The molecule has 7 heteroatoms. The second-order valence-electron chi connectivity index (χ2n) is 7.77. The van der Waals surface area contributed by atoms with Gasteiger partial charge in [-0.15, -0.1) is 0 Å². The zero-order valence-electron chi connectivity index (χ0n) is 17.9. The number of benzene rings is 2. The molecule has 0 bridgehead atoms. The summed E-state index contributed by atoms with van der Waals surface area (Å²) >= 11 is 0. The van der Waals surface area contributed by atoms with Gasteiger partial charge in [0.15, 0.2) is 11.5 Å². The Morgan fingerprint density at radius 3 is 2.25 bits per heavy atom. The zero-order chi connectivity index (χ0) is 22.5. The summed E-state index contributed by atoms with van der Waals surface area (Å²) in [7, 11) is 0. The number of piperazine rings is 1. The lowest BCUT2D eigenvalue weighted by atomic mass is 10.0. The minimum absolute atomic E-state index is 0.129. The molecule has 2 aromatic carbocycles. The molecule has 0 radical (unpaired) electrons. The van der Waals surface area contributed by atoms with Crippen molar-refractivity contribution >= 4 is 23.3 Å². The molecule has 0 unspecified atom stereocenters. The summed E-state index contributed by atoms with van der Waals surface area (Å²) in [6.45, 7) is 4.21. The van der Waals surface area contributed by atoms with Crippen molar-refractivity contribution in [3.63, 3.8) is 0 Å². The number of aryl methyl sites for hydroxylation is 1. The fraction of sp³-hybridized carbons (Fsp3) is 0.240. The molecule has 1 aromatic heterocycles. The van der Waals surface area contributed by atoms with E-state index in [4.69, 9.17) is 4.42 Å². The molecule has 1 fully saturated rings. The zero-order valence-corrected chi connectivity index (χ0v) is 17.9. The Hall–Kier alpha value is -3.71. The van der Waals surface area contributed by atoms with Crippen molar-refractivity contribution < 1.29 is 18.8 Å². The monoisotopic (exact) mass is 431 g/mol. The van der Waals surface area contributed by atoms with E-state index in [0.29, 0.717) is 54.5 Å². The smallest absolute Gasteiger partial charge is 0.289 e. The third kappa shape index (κ3) is 4.95. The Morgan fingerprint density at radius 1 is 0.875 bits per heavy atom. The van der Waals surface area contributed by atoms with E-state index in [1.807, 2.05) is 23.1 Å². The van der Waals surface area contributed by atoms with Crippen molar-refractivity contribution in [2.75, 3.05) is 38.0 Å². The molecular weight excluding hydrogens is 406 g/mol. The van der Waals surface area contributed by atoms with Gasteiger partial charge in [0, 0.05) is 37.3 Å². The third-order valence-electron chi connectivity index (χ3n) is 5.46. The number of nitrogens with one attached hydrogen (secondary N) is 1. The van der Waals surface area contributed by atoms with Crippen LogP contribution in [-0.4, -0.2) is 60.1 Å². The Labute approximate surface area is 186 Å². The summed E-state index contributed by atoms with van der Waals surface area (Å²) in [6.07, 6.45) is 0. The summed E-state index contributed by atoms with van der Waals surface area (Å²) in [6, 6.07) is 19.5. The van der Waals surface area contributed by atoms with Crippen LogP contribution in [0.1, 0.15) is 32.2 Å². The van der Waals surface area contributed by atoms with Crippen molar-refractivity contribution in [2.24, 2.45) is 0 Å². The molecule has 7 nitrogen and oxygen atoms in total. The molecule has 1 saturated heterocycles. The highest BCUT2D eigenvalue weighted by atomic mass is 16.3. The van der Waals surface area contributed by atoms with E-state index in [0.717, 1.165) is 0 Å². The fourth-order valence-electron chi connectivity index (χ4n) is 3.74. The Kier molecular flexibility index (Phi) is 6.47. The highest BCUT2D eigenvalue weighted by Gasteiger charge is 2.25. The summed E-state index contributed by atoms with van der Waals surface area (Å²) < 4.78 is 5.42. The predicted octanol–water partition coefficient (Wildman–Crippen LogP) is 3.22. The van der Waals surface area contributed by atoms with Crippen LogP contribution >= 0.6 is 0 Å². The largest absolute Gasteiger partial charge is 0.456 e. The average Bonchev–Trinajstić information content (AvgIpc) is 3.26. The summed E-state index contributed by atoms with van der Waals surface area (Å²) in [5.74, 6) is 0.583. The number of anilines is 1. The number of ketones is 1. The number of hydrogen-bond acceptors (Lipinski definition) is 5. The van der Waals surface area contributed by atoms with Gasteiger partial charge in [0.1, 0.15) is 5.76 Å². The van der Waals surface area contributed by atoms with Crippen LogP contribution in [0.2, 0.25) is 0 Å². The third-order valence-corrected chi connectivity index (χ3v) is 5.46. The maximum Gasteiger partial charge on any atom is 0.289 e. The van der Waals surface area contributed by atoms with E-state index in [1.54, 1.807) is 60.4 Å². The molecule has 1 aliphatic rings. The number of carbonyl (C=O) groups is 3. The van der Waals surface area contributed by atoms with Crippen molar-refractivity contribution in [3.05, 3.63) is 89.4 Å². The minimum Gasteiger partial charge on any atom is -0.456 e. The van der Waals surface area contributed by atoms with Gasteiger partial charge >= 0.3 is 0 Å². The number of furan rings is 1. The van der Waals surface area contributed by atoms with Crippen LogP contribution in [0.15, 0.2) is 71.1 Å². The number of para-hydroxylation sites is 1. The number of hydrogen-bond donors (Lipinski definition) is 1. The first-order valence-corrected chi connectivity index (χ1v) is 10.6. The van der Waals surface area contributed by atoms with Crippen LogP contribution in [0, 0.1) is 6.92 Å². The van der Waals surface area contributed by atoms with Crippen LogP contribution in [-0.2, 0) is 4.79 Å². The first-order chi connectivity index (χ1) is 15.5. The first kappa shape index (κ1) is 21.5. The van der Waals surface area contributed by atoms with Crippen LogP contribution < -0.4 is 5.32 Å². The van der Waals surface area contributed by atoms with E-state index in [2.05, 4.69) is 5.32 Å². The maximum atomic E-state index is 12.9. The summed E-state index contributed by atoms with van der Waals surface area (Å²) in [4.78, 5) is 41.8. The summed E-state index contributed by atoms with van der Waals surface area (Å²) in [5, 5.41) is 2.87. The molecule has 164 valence electrons. The second-order valence-corrected chi connectivity index (χ2v) is 7.77. The molecule has 1 N–H and O–H groups in total. The molecule has 1 aliphatic heterocycles. The fourth-order valence-corrected chi connectivity index (χ4v) is 3.74. The number of amides is 2. The molecule has 0 atom stereocenters. The quantitative estimate of drug-likeness (QED) is 0.606. The Morgan fingerprint density at radius 2 is 1.56 bits per heavy atom. The molecule has 0 spiro atoms. The molecule has 2 heterocycles. The highest BCUT2D eigenvalue weighted by molar-refractivity contribution is 6.13. The van der Waals surface area contributed by atoms with Gasteiger partial charge < -0.3 is 14.6 Å². The summed E-state index contributed by atoms with van der Waals surface area (Å²) in [5.41, 5.74) is 1.52. The molecule has 0 aliphatic carbocycles. The van der Waals surface area contributed by atoms with E-state index in [9.17, 15) is 14.4 Å². The minimum atomic E-state index is -0.195. The van der Waals surface area contributed by atoms with Crippen LogP contribution in [0.5, 0.6) is 0 Å². The van der Waals surface area contributed by atoms with Crippen molar-refractivity contribution in [3.8, 4) is 0 Å². The number of rotatable bonds is 6. The molecule has 4 rings (SSSR count). The molecule has 32 heavy (non-hydrogen) atoms. The van der Waals surface area contributed by atoms with Gasteiger partial charge in [-0.1, -0.05) is 42.5 Å².